The van der Waals surface area contributed by atoms with Gasteiger partial charge in [0.25, 0.3) is 0 Å². The Morgan fingerprint density at radius 1 is 0.558 bits per heavy atom. The Bertz CT molecular complexity index is 1110. The van der Waals surface area contributed by atoms with Gasteiger partial charge in [0.05, 0.1) is 89.7 Å². The Hall–Kier alpha value is -3.90. The zero-order valence-corrected chi connectivity index (χ0v) is 30.5. The summed E-state index contributed by atoms with van der Waals surface area (Å²) in [5.74, 6) is -2.52. The number of carbonyl (C=O) groups is 6. The number of ketones is 2. The summed E-state index contributed by atoms with van der Waals surface area (Å²) in [5, 5.41) is 23.5. The van der Waals surface area contributed by atoms with Crippen molar-refractivity contribution in [1.29, 1.82) is 0 Å². The van der Waals surface area contributed by atoms with Gasteiger partial charge < -0.3 is 56.0 Å². The quantitative estimate of drug-likeness (QED) is 0.0300. The number of primary amides is 2. The summed E-state index contributed by atoms with van der Waals surface area (Å²) in [5.41, 5.74) is 9.93. The largest absolute Gasteiger partial charge is 0.515 e. The van der Waals surface area contributed by atoms with Crippen molar-refractivity contribution in [2.45, 2.75) is 77.6 Å². The van der Waals surface area contributed by atoms with Crippen LogP contribution >= 0.6 is 0 Å². The number of aliphatic hydroxyl groups is 2. The minimum atomic E-state index is -0.819. The maximum atomic E-state index is 12.1. The van der Waals surface area contributed by atoms with Gasteiger partial charge in [0.2, 0.25) is 23.6 Å². The van der Waals surface area contributed by atoms with Crippen molar-refractivity contribution in [2.75, 3.05) is 79.2 Å². The minimum Gasteiger partial charge on any atom is -0.515 e. The molecule has 0 bridgehead atoms. The topological polar surface area (TPSA) is 265 Å². The van der Waals surface area contributed by atoms with Gasteiger partial charge in [0.1, 0.15) is 11.6 Å². The predicted molar refractivity (Wildman–Crippen MR) is 190 cm³/mol. The highest BCUT2D eigenvalue weighted by Crippen LogP contribution is 2.14. The van der Waals surface area contributed by atoms with Crippen molar-refractivity contribution in [3.8, 4) is 0 Å². The lowest BCUT2D eigenvalue weighted by atomic mass is 9.95. The first-order valence-electron chi connectivity index (χ1n) is 17.7. The molecule has 1 atom stereocenters. The Morgan fingerprint density at radius 3 is 1.38 bits per heavy atom. The molecule has 1 unspecified atom stereocenters. The summed E-state index contributed by atoms with van der Waals surface area (Å²) < 4.78 is 27.1. The second-order valence-electron chi connectivity index (χ2n) is 11.9. The van der Waals surface area contributed by atoms with E-state index in [1.54, 1.807) is 6.92 Å². The molecule has 17 nitrogen and oxygen atoms in total. The molecule has 0 aliphatic carbocycles. The standard InChI is InChI=1S/C35H60N4O13/c1-27(31(43)24-29(26-41)35(37)47)7-4-6-12-39-33(45)10-14-49-16-18-51-20-22-52-21-19-50-17-15-48-13-9-32(44)38-11-5-2-3-8-30(42)23-28(25-40)34(36)46/h25-27,40-41H,2-24H2,1H3,(H2,36,46)(H2,37,47)(H,38,44)(H,39,45)/b28-25-,29-26-. The van der Waals surface area contributed by atoms with Crippen LogP contribution in [0, 0.1) is 5.92 Å². The molecule has 0 aliphatic heterocycles. The smallest absolute Gasteiger partial charge is 0.248 e. The Labute approximate surface area is 306 Å². The van der Waals surface area contributed by atoms with Gasteiger partial charge >= 0.3 is 0 Å². The van der Waals surface area contributed by atoms with Crippen LogP contribution in [0.1, 0.15) is 77.6 Å². The van der Waals surface area contributed by atoms with Crippen LogP contribution in [-0.2, 0) is 52.5 Å². The molecular weight excluding hydrogens is 684 g/mol. The van der Waals surface area contributed by atoms with Crippen LogP contribution in [0.25, 0.3) is 0 Å². The normalized spacial score (nSPS) is 12.3. The summed E-state index contributed by atoms with van der Waals surface area (Å²) >= 11 is 0. The predicted octanol–water partition coefficient (Wildman–Crippen LogP) is 1.22. The summed E-state index contributed by atoms with van der Waals surface area (Å²) in [4.78, 5) is 69.8. The molecule has 0 spiro atoms. The van der Waals surface area contributed by atoms with Crippen LogP contribution in [0.5, 0.6) is 0 Å². The molecule has 0 radical (unpaired) electrons. The average molecular weight is 745 g/mol. The summed E-state index contributed by atoms with van der Waals surface area (Å²) in [7, 11) is 0. The van der Waals surface area contributed by atoms with E-state index in [9.17, 15) is 28.8 Å². The highest BCUT2D eigenvalue weighted by atomic mass is 16.6. The van der Waals surface area contributed by atoms with E-state index in [-0.39, 0.29) is 85.8 Å². The molecular formula is C35H60N4O13. The van der Waals surface area contributed by atoms with Crippen molar-refractivity contribution in [3.05, 3.63) is 23.7 Å². The molecule has 52 heavy (non-hydrogen) atoms. The monoisotopic (exact) mass is 744 g/mol. The van der Waals surface area contributed by atoms with Gasteiger partial charge in [-0.15, -0.1) is 0 Å². The molecule has 8 N–H and O–H groups in total. The van der Waals surface area contributed by atoms with Crippen molar-refractivity contribution in [1.82, 2.24) is 10.6 Å². The molecule has 0 rings (SSSR count). The van der Waals surface area contributed by atoms with E-state index >= 15 is 0 Å². The van der Waals surface area contributed by atoms with Crippen molar-refractivity contribution >= 4 is 35.2 Å². The van der Waals surface area contributed by atoms with Crippen molar-refractivity contribution in [2.24, 2.45) is 17.4 Å². The first-order valence-corrected chi connectivity index (χ1v) is 17.7. The lowest BCUT2D eigenvalue weighted by Crippen LogP contribution is -2.26. The van der Waals surface area contributed by atoms with Gasteiger partial charge in [-0.25, -0.2) is 0 Å². The number of ether oxygens (including phenoxy) is 5. The Kier molecular flexibility index (Phi) is 30.5. The fraction of sp³-hybridized carbons (Fsp3) is 0.714. The highest BCUT2D eigenvalue weighted by Gasteiger charge is 2.17. The van der Waals surface area contributed by atoms with Gasteiger partial charge in [-0.1, -0.05) is 19.8 Å². The maximum Gasteiger partial charge on any atom is 0.248 e. The summed E-state index contributed by atoms with van der Waals surface area (Å²) in [6.45, 7) is 6.32. The van der Waals surface area contributed by atoms with Crippen molar-refractivity contribution < 1.29 is 62.7 Å². The average Bonchev–Trinajstić information content (AvgIpc) is 3.11. The maximum absolute atomic E-state index is 12.1. The number of aliphatic hydroxyl groups excluding tert-OH is 2. The zero-order chi connectivity index (χ0) is 38.8. The van der Waals surface area contributed by atoms with Crippen molar-refractivity contribution in [3.63, 3.8) is 0 Å². The molecule has 0 saturated heterocycles. The third kappa shape index (κ3) is 28.8. The lowest BCUT2D eigenvalue weighted by Gasteiger charge is -2.11. The fourth-order valence-corrected chi connectivity index (χ4v) is 4.36. The van der Waals surface area contributed by atoms with Crippen LogP contribution in [0.2, 0.25) is 0 Å². The van der Waals surface area contributed by atoms with E-state index in [4.69, 9.17) is 45.4 Å². The fourth-order valence-electron chi connectivity index (χ4n) is 4.36. The summed E-state index contributed by atoms with van der Waals surface area (Å²) in [6, 6.07) is 0. The van der Waals surface area contributed by atoms with Gasteiger partial charge in [0, 0.05) is 51.1 Å². The van der Waals surface area contributed by atoms with Gasteiger partial charge in [0.15, 0.2) is 0 Å². The first kappa shape index (κ1) is 48.1. The zero-order valence-electron chi connectivity index (χ0n) is 30.5. The second kappa shape index (κ2) is 33.0. The molecule has 0 aromatic heterocycles. The molecule has 0 aromatic rings. The second-order valence-corrected chi connectivity index (χ2v) is 11.9. The van der Waals surface area contributed by atoms with E-state index < -0.39 is 11.8 Å². The SMILES string of the molecule is CC(CCCCNC(=O)CCOCCOCCOCCOCCOCCC(=O)NCCCCCC(=O)C/C(=C/O)C(N)=O)C(=O)C/C(=C/O)C(N)=O. The van der Waals surface area contributed by atoms with Crippen LogP contribution in [0.4, 0.5) is 0 Å². The number of hydrogen-bond donors (Lipinski definition) is 6. The number of nitrogens with one attached hydrogen (secondary N) is 2. The van der Waals surface area contributed by atoms with E-state index in [0.717, 1.165) is 12.8 Å². The molecule has 0 aliphatic rings. The van der Waals surface area contributed by atoms with Gasteiger partial charge in [-0.2, -0.15) is 0 Å². The Morgan fingerprint density at radius 2 is 0.962 bits per heavy atom. The van der Waals surface area contributed by atoms with E-state index in [1.807, 2.05) is 0 Å². The van der Waals surface area contributed by atoms with Crippen LogP contribution in [-0.4, -0.2) is 125 Å². The number of unbranched alkanes of at least 4 members (excludes halogenated alkanes) is 3. The van der Waals surface area contributed by atoms with E-state index in [0.29, 0.717) is 104 Å². The molecule has 0 heterocycles. The number of hydrogen-bond acceptors (Lipinski definition) is 13. The van der Waals surface area contributed by atoms with Crippen LogP contribution in [0.15, 0.2) is 23.7 Å². The van der Waals surface area contributed by atoms with Crippen LogP contribution in [0.3, 0.4) is 0 Å². The number of Topliss-reactive ketones (excluding diaryl/α,β-unsaturated/α-hetero) is 2. The summed E-state index contributed by atoms with van der Waals surface area (Å²) in [6.07, 6.45) is 5.58. The van der Waals surface area contributed by atoms with E-state index in [1.165, 1.54) is 0 Å². The first-order chi connectivity index (χ1) is 25.0. The highest BCUT2D eigenvalue weighted by molar-refractivity contribution is 5.98. The lowest BCUT2D eigenvalue weighted by molar-refractivity contribution is -0.124. The molecule has 0 aromatic carbocycles. The van der Waals surface area contributed by atoms with Gasteiger partial charge in [-0.05, 0) is 25.7 Å². The number of amides is 4. The molecule has 17 heteroatoms. The van der Waals surface area contributed by atoms with Gasteiger partial charge in [-0.3, -0.25) is 28.8 Å². The molecule has 0 saturated carbocycles. The third-order valence-corrected chi connectivity index (χ3v) is 7.52. The molecule has 4 amide bonds. The third-order valence-electron chi connectivity index (χ3n) is 7.52. The van der Waals surface area contributed by atoms with Crippen LogP contribution < -0.4 is 22.1 Å². The molecule has 0 fully saturated rings. The Balaban J connectivity index is 3.45. The molecule has 298 valence electrons. The number of carbonyl (C=O) groups excluding carboxylic acids is 6. The minimum absolute atomic E-state index is 0.110. The van der Waals surface area contributed by atoms with E-state index in [2.05, 4.69) is 10.6 Å². The number of nitrogens with two attached hydrogens (primary N) is 2. The number of rotatable bonds is 36.